The van der Waals surface area contributed by atoms with Gasteiger partial charge in [0, 0.05) is 35.0 Å². The number of amides is 1. The third-order valence-corrected chi connectivity index (χ3v) is 5.48. The highest BCUT2D eigenvalue weighted by molar-refractivity contribution is 6.35. The molecule has 1 aliphatic carbocycles. The average molecular weight is 342 g/mol. The van der Waals surface area contributed by atoms with Crippen LogP contribution in [0, 0.1) is 11.8 Å². The molecule has 2 aliphatic rings. The summed E-state index contributed by atoms with van der Waals surface area (Å²) in [6, 6.07) is 5.49. The number of benzene rings is 1. The molecule has 2 fully saturated rings. The summed E-state index contributed by atoms with van der Waals surface area (Å²) < 4.78 is 0. The second-order valence-electron chi connectivity index (χ2n) is 6.54. The van der Waals surface area contributed by atoms with Crippen molar-refractivity contribution in [1.29, 1.82) is 0 Å². The van der Waals surface area contributed by atoms with E-state index >= 15 is 0 Å². The van der Waals surface area contributed by atoms with E-state index in [1.54, 1.807) is 6.07 Å². The third kappa shape index (κ3) is 3.27. The Morgan fingerprint density at radius 3 is 2.86 bits per heavy atom. The second-order valence-corrected chi connectivity index (χ2v) is 7.39. The Morgan fingerprint density at radius 1 is 1.41 bits per heavy atom. The predicted molar refractivity (Wildman–Crippen MR) is 88.3 cm³/mol. The number of carbonyl (C=O) groups excluding carboxylic acids is 1. The lowest BCUT2D eigenvalue weighted by Crippen LogP contribution is -2.43. The van der Waals surface area contributed by atoms with Crippen molar-refractivity contribution in [2.75, 3.05) is 13.1 Å². The Balaban J connectivity index is 1.65. The summed E-state index contributed by atoms with van der Waals surface area (Å²) in [5, 5.41) is 11.0. The van der Waals surface area contributed by atoms with E-state index in [1.165, 1.54) is 0 Å². The van der Waals surface area contributed by atoms with Gasteiger partial charge in [-0.15, -0.1) is 0 Å². The van der Waals surface area contributed by atoms with Gasteiger partial charge in [0.2, 0.25) is 5.91 Å². The molecule has 1 amide bonds. The number of piperidine rings is 1. The number of likely N-dealkylation sites (tertiary alicyclic amines) is 1. The van der Waals surface area contributed by atoms with Crippen LogP contribution in [0.2, 0.25) is 10.0 Å². The molecule has 120 valence electrons. The molecule has 22 heavy (non-hydrogen) atoms. The van der Waals surface area contributed by atoms with Gasteiger partial charge in [-0.1, -0.05) is 29.3 Å². The molecule has 1 aromatic carbocycles. The van der Waals surface area contributed by atoms with Crippen LogP contribution >= 0.6 is 23.2 Å². The van der Waals surface area contributed by atoms with Gasteiger partial charge in [-0.2, -0.15) is 0 Å². The molecule has 5 heteroatoms. The first-order valence-electron chi connectivity index (χ1n) is 7.89. The van der Waals surface area contributed by atoms with E-state index < -0.39 is 0 Å². The molecule has 0 spiro atoms. The van der Waals surface area contributed by atoms with Crippen LogP contribution in [-0.4, -0.2) is 35.1 Å². The molecular weight excluding hydrogens is 321 g/mol. The van der Waals surface area contributed by atoms with E-state index in [0.717, 1.165) is 31.4 Å². The summed E-state index contributed by atoms with van der Waals surface area (Å²) in [6.45, 7) is 3.29. The maximum Gasteiger partial charge on any atom is 0.226 e. The normalized spacial score (nSPS) is 29.3. The molecule has 1 aliphatic heterocycles. The van der Waals surface area contributed by atoms with Gasteiger partial charge in [0.15, 0.2) is 0 Å². The molecule has 1 heterocycles. The zero-order valence-corrected chi connectivity index (χ0v) is 14.1. The molecule has 1 aromatic rings. The Bertz CT molecular complexity index is 576. The van der Waals surface area contributed by atoms with Gasteiger partial charge in [0.1, 0.15) is 0 Å². The monoisotopic (exact) mass is 341 g/mol. The van der Waals surface area contributed by atoms with Crippen molar-refractivity contribution < 1.29 is 9.90 Å². The van der Waals surface area contributed by atoms with Crippen LogP contribution in [0.1, 0.15) is 37.7 Å². The minimum atomic E-state index is -0.351. The maximum atomic E-state index is 12.7. The fourth-order valence-corrected chi connectivity index (χ4v) is 4.00. The SMILES string of the molecule is CC(O)C1CCCN(C(=O)C2CC2c2ccc(Cl)cc2Cl)C1. The topological polar surface area (TPSA) is 40.5 Å². The Labute approximate surface area is 141 Å². The lowest BCUT2D eigenvalue weighted by molar-refractivity contribution is -0.135. The van der Waals surface area contributed by atoms with E-state index in [0.29, 0.717) is 16.6 Å². The van der Waals surface area contributed by atoms with Gasteiger partial charge in [-0.3, -0.25) is 4.79 Å². The molecule has 4 atom stereocenters. The highest BCUT2D eigenvalue weighted by Gasteiger charge is 2.47. The number of rotatable bonds is 3. The van der Waals surface area contributed by atoms with Crippen LogP contribution in [0.5, 0.6) is 0 Å². The predicted octanol–water partition coefficient (Wildman–Crippen LogP) is 3.72. The van der Waals surface area contributed by atoms with E-state index in [2.05, 4.69) is 0 Å². The molecule has 0 aromatic heterocycles. The first-order chi connectivity index (χ1) is 10.5. The van der Waals surface area contributed by atoms with Gasteiger partial charge in [0.05, 0.1) is 6.10 Å². The van der Waals surface area contributed by atoms with Crippen LogP contribution < -0.4 is 0 Å². The molecular formula is C17H21Cl2NO2. The minimum Gasteiger partial charge on any atom is -0.393 e. The Morgan fingerprint density at radius 2 is 2.18 bits per heavy atom. The van der Waals surface area contributed by atoms with Crippen molar-refractivity contribution in [2.45, 2.75) is 38.2 Å². The van der Waals surface area contributed by atoms with Gasteiger partial charge < -0.3 is 10.0 Å². The molecule has 4 unspecified atom stereocenters. The summed E-state index contributed by atoms with van der Waals surface area (Å²) in [5.41, 5.74) is 1.02. The summed E-state index contributed by atoms with van der Waals surface area (Å²) in [4.78, 5) is 14.6. The number of carbonyl (C=O) groups is 1. The van der Waals surface area contributed by atoms with Crippen LogP contribution in [0.4, 0.5) is 0 Å². The van der Waals surface area contributed by atoms with Crippen molar-refractivity contribution in [3.63, 3.8) is 0 Å². The van der Waals surface area contributed by atoms with E-state index in [9.17, 15) is 9.90 Å². The van der Waals surface area contributed by atoms with Gasteiger partial charge in [-0.05, 0) is 49.8 Å². The number of hydrogen-bond donors (Lipinski definition) is 1. The molecule has 3 rings (SSSR count). The Hall–Kier alpha value is -0.770. The van der Waals surface area contributed by atoms with Gasteiger partial charge >= 0.3 is 0 Å². The number of aliphatic hydroxyl groups is 1. The van der Waals surface area contributed by atoms with Crippen LogP contribution in [0.25, 0.3) is 0 Å². The van der Waals surface area contributed by atoms with Crippen molar-refractivity contribution in [1.82, 2.24) is 4.90 Å². The second kappa shape index (κ2) is 6.38. The van der Waals surface area contributed by atoms with Crippen LogP contribution in [-0.2, 0) is 4.79 Å². The first kappa shape index (κ1) is 16.1. The van der Waals surface area contributed by atoms with Crippen LogP contribution in [0.3, 0.4) is 0 Å². The number of aliphatic hydroxyl groups excluding tert-OH is 1. The molecule has 3 nitrogen and oxygen atoms in total. The summed E-state index contributed by atoms with van der Waals surface area (Å²) >= 11 is 12.2. The molecule has 1 saturated carbocycles. The number of hydrogen-bond acceptors (Lipinski definition) is 2. The number of nitrogens with zero attached hydrogens (tertiary/aromatic N) is 1. The average Bonchev–Trinajstić information content (AvgIpc) is 3.27. The van der Waals surface area contributed by atoms with Crippen molar-refractivity contribution in [2.24, 2.45) is 11.8 Å². The fraction of sp³-hybridized carbons (Fsp3) is 0.588. The van der Waals surface area contributed by atoms with Crippen LogP contribution in [0.15, 0.2) is 18.2 Å². The van der Waals surface area contributed by atoms with Crippen molar-refractivity contribution in [3.8, 4) is 0 Å². The highest BCUT2D eigenvalue weighted by atomic mass is 35.5. The molecule has 0 bridgehead atoms. The molecule has 1 N–H and O–H groups in total. The Kier molecular flexibility index (Phi) is 4.67. The van der Waals surface area contributed by atoms with Crippen molar-refractivity contribution >= 4 is 29.1 Å². The molecule has 0 radical (unpaired) electrons. The number of halogens is 2. The highest BCUT2D eigenvalue weighted by Crippen LogP contribution is 2.51. The molecule has 1 saturated heterocycles. The van der Waals surface area contributed by atoms with Gasteiger partial charge in [0.25, 0.3) is 0 Å². The first-order valence-corrected chi connectivity index (χ1v) is 8.64. The van der Waals surface area contributed by atoms with E-state index in [1.807, 2.05) is 24.0 Å². The third-order valence-electron chi connectivity index (χ3n) is 4.92. The minimum absolute atomic E-state index is 0.0337. The van der Waals surface area contributed by atoms with Crippen molar-refractivity contribution in [3.05, 3.63) is 33.8 Å². The maximum absolute atomic E-state index is 12.7. The lowest BCUT2D eigenvalue weighted by atomic mass is 9.93. The largest absolute Gasteiger partial charge is 0.393 e. The summed E-state index contributed by atoms with van der Waals surface area (Å²) in [6.07, 6.45) is 2.48. The van der Waals surface area contributed by atoms with E-state index in [4.69, 9.17) is 23.2 Å². The zero-order chi connectivity index (χ0) is 15.9. The van der Waals surface area contributed by atoms with Gasteiger partial charge in [-0.25, -0.2) is 0 Å². The standard InChI is InChI=1S/C17H21Cl2NO2/c1-10(21)11-3-2-6-20(9-11)17(22)15-8-14(15)13-5-4-12(18)7-16(13)19/h4-5,7,10-11,14-15,21H,2-3,6,8-9H2,1H3. The van der Waals surface area contributed by atoms with E-state index in [-0.39, 0.29) is 29.8 Å². The fourth-order valence-electron chi connectivity index (χ4n) is 3.45. The smallest absolute Gasteiger partial charge is 0.226 e. The quantitative estimate of drug-likeness (QED) is 0.910. The summed E-state index contributed by atoms with van der Waals surface area (Å²) in [7, 11) is 0. The lowest BCUT2D eigenvalue weighted by Gasteiger charge is -2.34. The summed E-state index contributed by atoms with van der Waals surface area (Å²) in [5.74, 6) is 0.658. The zero-order valence-electron chi connectivity index (χ0n) is 12.6.